The van der Waals surface area contributed by atoms with Crippen LogP contribution in [0.25, 0.3) is 20.5 Å². The summed E-state index contributed by atoms with van der Waals surface area (Å²) in [6, 6.07) is 21.3. The number of piperidine rings is 1. The van der Waals surface area contributed by atoms with E-state index in [1.807, 2.05) is 66.7 Å². The van der Waals surface area contributed by atoms with Gasteiger partial charge in [-0.2, -0.15) is 0 Å². The minimum absolute atomic E-state index is 0.00569. The van der Waals surface area contributed by atoms with Gasteiger partial charge in [-0.05, 0) is 106 Å². The van der Waals surface area contributed by atoms with Crippen molar-refractivity contribution in [2.24, 2.45) is 0 Å². The van der Waals surface area contributed by atoms with Crippen molar-refractivity contribution in [3.8, 4) is 27.7 Å². The second kappa shape index (κ2) is 11.2. The van der Waals surface area contributed by atoms with Gasteiger partial charge in [-0.25, -0.2) is 0 Å². The molecule has 3 aromatic carbocycles. The lowest BCUT2D eigenvalue weighted by molar-refractivity contribution is 0.0623. The Bertz CT molecular complexity index is 1410. The monoisotopic (exact) mass is 529 g/mol. The third-order valence-electron chi connectivity index (χ3n) is 7.55. The highest BCUT2D eigenvalue weighted by molar-refractivity contribution is 7.22. The summed E-state index contributed by atoms with van der Waals surface area (Å²) in [6.45, 7) is 7.30. The van der Waals surface area contributed by atoms with Crippen molar-refractivity contribution >= 4 is 27.2 Å². The number of carbonyl (C=O) groups is 1. The summed E-state index contributed by atoms with van der Waals surface area (Å²) in [5.41, 5.74) is 2.56. The number of hydrogen-bond acceptors (Lipinski definition) is 6. The van der Waals surface area contributed by atoms with E-state index in [-0.39, 0.29) is 11.3 Å². The minimum Gasteiger partial charge on any atom is -0.497 e. The maximum Gasteiger partial charge on any atom is 0.195 e. The summed E-state index contributed by atoms with van der Waals surface area (Å²) in [5.74, 6) is 2.33. The van der Waals surface area contributed by atoms with Crippen LogP contribution in [0.2, 0.25) is 0 Å². The van der Waals surface area contributed by atoms with Crippen LogP contribution in [0.5, 0.6) is 17.2 Å². The third-order valence-corrected chi connectivity index (χ3v) is 8.75. The summed E-state index contributed by atoms with van der Waals surface area (Å²) in [7, 11) is 3.31. The Morgan fingerprint density at radius 2 is 1.58 bits per heavy atom. The second-order valence-corrected chi connectivity index (χ2v) is 11.4. The van der Waals surface area contributed by atoms with E-state index in [2.05, 4.69) is 18.7 Å². The molecule has 0 bridgehead atoms. The maximum absolute atomic E-state index is 13.9. The van der Waals surface area contributed by atoms with Crippen molar-refractivity contribution in [2.45, 2.75) is 38.6 Å². The zero-order valence-electron chi connectivity index (χ0n) is 22.6. The first kappa shape index (κ1) is 26.3. The van der Waals surface area contributed by atoms with E-state index in [4.69, 9.17) is 14.2 Å². The SMILES string of the molecule is COc1ccc(-c2sc3cc(OC)ccc3c2C(=O)c2ccc(OCCN3CCCCC3(C)C)cc2)cc1. The van der Waals surface area contributed by atoms with Crippen LogP contribution < -0.4 is 14.2 Å². The number of rotatable bonds is 9. The molecule has 0 radical (unpaired) electrons. The van der Waals surface area contributed by atoms with Crippen LogP contribution in [0, 0.1) is 0 Å². The number of thiophene rings is 1. The molecule has 5 rings (SSSR count). The molecule has 1 aromatic heterocycles. The van der Waals surface area contributed by atoms with E-state index >= 15 is 0 Å². The molecule has 0 aliphatic carbocycles. The van der Waals surface area contributed by atoms with Crippen molar-refractivity contribution in [3.05, 3.63) is 77.9 Å². The number of ether oxygens (including phenoxy) is 3. The lowest BCUT2D eigenvalue weighted by atomic mass is 9.90. The Labute approximate surface area is 229 Å². The van der Waals surface area contributed by atoms with Crippen LogP contribution >= 0.6 is 11.3 Å². The Morgan fingerprint density at radius 1 is 0.895 bits per heavy atom. The number of likely N-dealkylation sites (tertiary alicyclic amines) is 1. The molecule has 1 aliphatic heterocycles. The van der Waals surface area contributed by atoms with Crippen molar-refractivity contribution in [2.75, 3.05) is 33.9 Å². The normalized spacial score (nSPS) is 15.4. The van der Waals surface area contributed by atoms with Crippen molar-refractivity contribution in [3.63, 3.8) is 0 Å². The lowest BCUT2D eigenvalue weighted by Crippen LogP contribution is -2.48. The van der Waals surface area contributed by atoms with E-state index in [9.17, 15) is 4.79 Å². The first-order valence-electron chi connectivity index (χ1n) is 13.2. The zero-order chi connectivity index (χ0) is 26.7. The Morgan fingerprint density at radius 3 is 2.26 bits per heavy atom. The van der Waals surface area contributed by atoms with Gasteiger partial charge >= 0.3 is 0 Å². The molecule has 1 fully saturated rings. The average Bonchev–Trinajstić information content (AvgIpc) is 3.32. The van der Waals surface area contributed by atoms with Crippen molar-refractivity contribution < 1.29 is 19.0 Å². The van der Waals surface area contributed by atoms with Gasteiger partial charge in [0.15, 0.2) is 5.78 Å². The Kier molecular flexibility index (Phi) is 7.73. The zero-order valence-corrected chi connectivity index (χ0v) is 23.4. The molecular formula is C32H35NO4S. The Balaban J connectivity index is 1.38. The van der Waals surface area contributed by atoms with Crippen molar-refractivity contribution in [1.29, 1.82) is 0 Å². The number of carbonyl (C=O) groups excluding carboxylic acids is 1. The fraction of sp³-hybridized carbons (Fsp3) is 0.344. The number of nitrogens with zero attached hydrogens (tertiary/aromatic N) is 1. The van der Waals surface area contributed by atoms with Crippen LogP contribution in [0.3, 0.4) is 0 Å². The van der Waals surface area contributed by atoms with Gasteiger partial charge in [0.2, 0.25) is 0 Å². The van der Waals surface area contributed by atoms with E-state index < -0.39 is 0 Å². The van der Waals surface area contributed by atoms with Crippen LogP contribution in [0.4, 0.5) is 0 Å². The molecule has 0 unspecified atom stereocenters. The average molecular weight is 530 g/mol. The van der Waals surface area contributed by atoms with Crippen molar-refractivity contribution in [1.82, 2.24) is 4.90 Å². The molecule has 4 aromatic rings. The van der Waals surface area contributed by atoms with Gasteiger partial charge in [-0.1, -0.05) is 6.42 Å². The van der Waals surface area contributed by atoms with Gasteiger partial charge in [0.25, 0.3) is 0 Å². The molecule has 38 heavy (non-hydrogen) atoms. The predicted octanol–water partition coefficient (Wildman–Crippen LogP) is 7.46. The van der Waals surface area contributed by atoms with Gasteiger partial charge in [0, 0.05) is 38.2 Å². The molecule has 6 heteroatoms. The van der Waals surface area contributed by atoms with E-state index in [1.54, 1.807) is 25.6 Å². The van der Waals surface area contributed by atoms with E-state index in [0.717, 1.165) is 50.9 Å². The lowest BCUT2D eigenvalue weighted by Gasteiger charge is -2.42. The molecule has 0 amide bonds. The molecule has 0 spiro atoms. The number of fused-ring (bicyclic) bond motifs is 1. The van der Waals surface area contributed by atoms with Crippen LogP contribution in [-0.4, -0.2) is 50.1 Å². The quantitative estimate of drug-likeness (QED) is 0.211. The van der Waals surface area contributed by atoms with E-state index in [0.29, 0.717) is 17.7 Å². The van der Waals surface area contributed by atoms with Gasteiger partial charge in [0.05, 0.1) is 14.2 Å². The third kappa shape index (κ3) is 5.42. The molecular weight excluding hydrogens is 494 g/mol. The standard InChI is InChI=1S/C32H35NO4S/c1-32(2)17-5-6-18-33(32)19-20-37-25-13-7-22(8-14-25)30(34)29-27-16-15-26(36-4)21-28(27)38-31(29)23-9-11-24(35-3)12-10-23/h7-16,21H,5-6,17-20H2,1-4H3. The summed E-state index contributed by atoms with van der Waals surface area (Å²) in [6.07, 6.45) is 3.78. The fourth-order valence-electron chi connectivity index (χ4n) is 5.23. The van der Waals surface area contributed by atoms with Gasteiger partial charge in [-0.15, -0.1) is 11.3 Å². The summed E-state index contributed by atoms with van der Waals surface area (Å²) in [5, 5.41) is 0.927. The maximum atomic E-state index is 13.9. The summed E-state index contributed by atoms with van der Waals surface area (Å²) in [4.78, 5) is 17.4. The molecule has 198 valence electrons. The van der Waals surface area contributed by atoms with Crippen LogP contribution in [0.15, 0.2) is 66.7 Å². The molecule has 1 aliphatic rings. The number of methoxy groups -OCH3 is 2. The molecule has 0 saturated carbocycles. The van der Waals surface area contributed by atoms with Crippen LogP contribution in [-0.2, 0) is 0 Å². The first-order valence-corrected chi connectivity index (χ1v) is 14.0. The van der Waals surface area contributed by atoms with Gasteiger partial charge in [0.1, 0.15) is 23.9 Å². The fourth-order valence-corrected chi connectivity index (χ4v) is 6.46. The predicted molar refractivity (Wildman–Crippen MR) is 155 cm³/mol. The number of benzene rings is 3. The van der Waals surface area contributed by atoms with Gasteiger partial charge < -0.3 is 14.2 Å². The number of ketones is 1. The summed E-state index contributed by atoms with van der Waals surface area (Å²) >= 11 is 1.60. The topological polar surface area (TPSA) is 48.0 Å². The number of hydrogen-bond donors (Lipinski definition) is 0. The highest BCUT2D eigenvalue weighted by atomic mass is 32.1. The largest absolute Gasteiger partial charge is 0.497 e. The highest BCUT2D eigenvalue weighted by Crippen LogP contribution is 2.41. The molecule has 1 saturated heterocycles. The summed E-state index contributed by atoms with van der Waals surface area (Å²) < 4.78 is 17.8. The Hall–Kier alpha value is -3.35. The van der Waals surface area contributed by atoms with Gasteiger partial charge in [-0.3, -0.25) is 9.69 Å². The smallest absolute Gasteiger partial charge is 0.195 e. The molecule has 2 heterocycles. The minimum atomic E-state index is -0.00569. The van der Waals surface area contributed by atoms with Crippen LogP contribution in [0.1, 0.15) is 49.0 Å². The highest BCUT2D eigenvalue weighted by Gasteiger charge is 2.29. The second-order valence-electron chi connectivity index (χ2n) is 10.4. The first-order chi connectivity index (χ1) is 18.4. The molecule has 0 atom stereocenters. The molecule has 0 N–H and O–H groups in total. The van der Waals surface area contributed by atoms with E-state index in [1.165, 1.54) is 19.3 Å². The molecule has 5 nitrogen and oxygen atoms in total.